The Morgan fingerprint density at radius 1 is 0.400 bits per heavy atom. The van der Waals surface area contributed by atoms with E-state index in [4.69, 9.17) is 18.9 Å². The lowest BCUT2D eigenvalue weighted by Crippen LogP contribution is -2.43. The molecule has 40 heavy (non-hydrogen) atoms. The summed E-state index contributed by atoms with van der Waals surface area (Å²) in [5, 5.41) is 3.20. The van der Waals surface area contributed by atoms with Gasteiger partial charge in [-0.15, -0.1) is 0 Å². The molecule has 14 nitrogen and oxygen atoms in total. The number of ether oxygens (including phenoxy) is 5. The molecule has 0 aromatic heterocycles. The van der Waals surface area contributed by atoms with Crippen molar-refractivity contribution in [2.24, 2.45) is 0 Å². The van der Waals surface area contributed by atoms with Gasteiger partial charge in [-0.25, -0.2) is 0 Å². The first kappa shape index (κ1) is 37.2. The maximum atomic E-state index is 11.8. The lowest BCUT2D eigenvalue weighted by atomic mass is 10.3. The van der Waals surface area contributed by atoms with Crippen LogP contribution >= 0.6 is 0 Å². The molecular formula is C26H48N4O10. The molecule has 0 saturated carbocycles. The summed E-state index contributed by atoms with van der Waals surface area (Å²) in [5.41, 5.74) is 0. The highest BCUT2D eigenvalue weighted by molar-refractivity contribution is 5.70. The smallest absolute Gasteiger partial charge is 0.306 e. The summed E-state index contributed by atoms with van der Waals surface area (Å²) in [7, 11) is 6.70. The van der Waals surface area contributed by atoms with Crippen LogP contribution in [0.4, 0.5) is 0 Å². The van der Waals surface area contributed by atoms with Crippen molar-refractivity contribution in [2.75, 3.05) is 108 Å². The molecule has 0 heterocycles. The van der Waals surface area contributed by atoms with Gasteiger partial charge in [0.05, 0.1) is 67.7 Å². The molecule has 0 fully saturated rings. The van der Waals surface area contributed by atoms with Crippen LogP contribution in [0.5, 0.6) is 0 Å². The van der Waals surface area contributed by atoms with Crippen LogP contribution < -0.4 is 5.32 Å². The SMILES string of the molecule is COC(=O)CCNCCN(CCC(=O)OC)CCN(CCC(=O)OC)CCN(CCC(=O)OC)CCC(=O)OC. The molecule has 0 unspecified atom stereocenters. The van der Waals surface area contributed by atoms with E-state index in [0.29, 0.717) is 72.0 Å². The summed E-state index contributed by atoms with van der Waals surface area (Å²) in [4.78, 5) is 64.4. The second-order valence-corrected chi connectivity index (χ2v) is 8.91. The highest BCUT2D eigenvalue weighted by atomic mass is 16.5. The van der Waals surface area contributed by atoms with E-state index in [-0.39, 0.29) is 62.0 Å². The van der Waals surface area contributed by atoms with E-state index in [9.17, 15) is 24.0 Å². The largest absolute Gasteiger partial charge is 0.469 e. The highest BCUT2D eigenvalue weighted by Crippen LogP contribution is 2.03. The number of nitrogens with zero attached hydrogens (tertiary/aromatic N) is 3. The predicted octanol–water partition coefficient (Wildman–Crippen LogP) is -0.702. The number of rotatable bonds is 24. The molecule has 0 bridgehead atoms. The van der Waals surface area contributed by atoms with Gasteiger partial charge in [-0.1, -0.05) is 0 Å². The summed E-state index contributed by atoms with van der Waals surface area (Å²) >= 11 is 0. The number of hydrogen-bond donors (Lipinski definition) is 1. The molecular weight excluding hydrogens is 528 g/mol. The zero-order valence-corrected chi connectivity index (χ0v) is 24.7. The molecule has 1 N–H and O–H groups in total. The molecule has 0 amide bonds. The van der Waals surface area contributed by atoms with Crippen molar-refractivity contribution in [3.05, 3.63) is 0 Å². The van der Waals surface area contributed by atoms with Gasteiger partial charge in [-0.2, -0.15) is 0 Å². The Morgan fingerprint density at radius 2 is 0.675 bits per heavy atom. The number of carbonyl (C=O) groups is 5. The monoisotopic (exact) mass is 576 g/mol. The van der Waals surface area contributed by atoms with E-state index in [1.807, 2.05) is 4.90 Å². The number of esters is 5. The number of methoxy groups -OCH3 is 5. The van der Waals surface area contributed by atoms with Gasteiger partial charge in [0.15, 0.2) is 0 Å². The van der Waals surface area contributed by atoms with Crippen molar-refractivity contribution >= 4 is 29.8 Å². The second-order valence-electron chi connectivity index (χ2n) is 8.91. The molecule has 0 aliphatic heterocycles. The van der Waals surface area contributed by atoms with Gasteiger partial charge in [0.1, 0.15) is 0 Å². The molecule has 14 heteroatoms. The maximum absolute atomic E-state index is 11.8. The van der Waals surface area contributed by atoms with Crippen LogP contribution in [0.25, 0.3) is 0 Å². The molecule has 0 atom stereocenters. The standard InChI is InChI=1S/C26H48N4O10/c1-36-22(31)6-11-27-12-17-29(15-9-25(34)39-4)19-21-30(16-10-26(35)40-5)20-18-28(13-7-23(32)37-2)14-8-24(33)38-3/h27H,6-21H2,1-5H3. The van der Waals surface area contributed by atoms with E-state index in [0.717, 1.165) is 0 Å². The van der Waals surface area contributed by atoms with E-state index in [1.54, 1.807) is 0 Å². The Bertz CT molecular complexity index is 733. The van der Waals surface area contributed by atoms with E-state index >= 15 is 0 Å². The topological polar surface area (TPSA) is 153 Å². The molecule has 0 aromatic rings. The van der Waals surface area contributed by atoms with Gasteiger partial charge >= 0.3 is 29.8 Å². The third kappa shape index (κ3) is 20.1. The van der Waals surface area contributed by atoms with Crippen molar-refractivity contribution in [1.82, 2.24) is 20.0 Å². The quantitative estimate of drug-likeness (QED) is 0.0875. The van der Waals surface area contributed by atoms with Crippen LogP contribution in [-0.4, -0.2) is 152 Å². The van der Waals surface area contributed by atoms with Crippen molar-refractivity contribution in [3.8, 4) is 0 Å². The summed E-state index contributed by atoms with van der Waals surface area (Å²) in [6, 6.07) is 0. The predicted molar refractivity (Wildman–Crippen MR) is 145 cm³/mol. The molecule has 0 rings (SSSR count). The summed E-state index contributed by atoms with van der Waals surface area (Å²) in [6.07, 6.45) is 1.07. The van der Waals surface area contributed by atoms with Gasteiger partial charge < -0.3 is 43.7 Å². The lowest BCUT2D eigenvalue weighted by Gasteiger charge is -2.30. The first-order valence-electron chi connectivity index (χ1n) is 13.4. The van der Waals surface area contributed by atoms with E-state index in [2.05, 4.69) is 19.9 Å². The maximum Gasteiger partial charge on any atom is 0.306 e. The van der Waals surface area contributed by atoms with Crippen molar-refractivity contribution in [2.45, 2.75) is 32.1 Å². The minimum absolute atomic E-state index is 0.185. The molecule has 0 saturated heterocycles. The van der Waals surface area contributed by atoms with Crippen molar-refractivity contribution in [1.29, 1.82) is 0 Å². The molecule has 0 aliphatic rings. The van der Waals surface area contributed by atoms with Gasteiger partial charge in [-0.3, -0.25) is 24.0 Å². The molecule has 0 spiro atoms. The number of nitrogens with one attached hydrogen (secondary N) is 1. The van der Waals surface area contributed by atoms with E-state index in [1.165, 1.54) is 35.5 Å². The molecule has 0 aromatic carbocycles. The fourth-order valence-corrected chi connectivity index (χ4v) is 3.63. The van der Waals surface area contributed by atoms with Crippen LogP contribution in [0.3, 0.4) is 0 Å². The minimum atomic E-state index is -0.341. The zero-order valence-electron chi connectivity index (χ0n) is 24.7. The van der Waals surface area contributed by atoms with Gasteiger partial charge in [0.25, 0.3) is 0 Å². The summed E-state index contributed by atoms with van der Waals surface area (Å²) in [6.45, 7) is 5.82. The first-order valence-corrected chi connectivity index (χ1v) is 13.4. The molecule has 0 aliphatic carbocycles. The number of hydrogen-bond acceptors (Lipinski definition) is 14. The van der Waals surface area contributed by atoms with Crippen LogP contribution in [0.2, 0.25) is 0 Å². The van der Waals surface area contributed by atoms with E-state index < -0.39 is 0 Å². The highest BCUT2D eigenvalue weighted by Gasteiger charge is 2.16. The Labute approximate surface area is 237 Å². The van der Waals surface area contributed by atoms with Crippen LogP contribution in [0, 0.1) is 0 Å². The normalized spacial score (nSPS) is 11.0. The Morgan fingerprint density at radius 3 is 1.00 bits per heavy atom. The summed E-state index contributed by atoms with van der Waals surface area (Å²) < 4.78 is 23.7. The van der Waals surface area contributed by atoms with Gasteiger partial charge in [-0.05, 0) is 0 Å². The average molecular weight is 577 g/mol. The van der Waals surface area contributed by atoms with Crippen molar-refractivity contribution in [3.63, 3.8) is 0 Å². The van der Waals surface area contributed by atoms with Crippen molar-refractivity contribution < 1.29 is 47.7 Å². The third-order valence-electron chi connectivity index (χ3n) is 6.24. The van der Waals surface area contributed by atoms with Gasteiger partial charge in [0.2, 0.25) is 0 Å². The minimum Gasteiger partial charge on any atom is -0.469 e. The fraction of sp³-hybridized carbons (Fsp3) is 0.808. The first-order chi connectivity index (χ1) is 19.2. The van der Waals surface area contributed by atoms with Crippen LogP contribution in [0.1, 0.15) is 32.1 Å². The molecule has 232 valence electrons. The Balaban J connectivity index is 5.20. The van der Waals surface area contributed by atoms with Crippen LogP contribution in [0.15, 0.2) is 0 Å². The zero-order chi connectivity index (χ0) is 30.2. The average Bonchev–Trinajstić information content (AvgIpc) is 2.97. The lowest BCUT2D eigenvalue weighted by molar-refractivity contribution is -0.142. The van der Waals surface area contributed by atoms with Gasteiger partial charge in [0, 0.05) is 72.0 Å². The second kappa shape index (κ2) is 24.0. The van der Waals surface area contributed by atoms with Crippen LogP contribution in [-0.2, 0) is 47.7 Å². The summed E-state index contributed by atoms with van der Waals surface area (Å²) in [5.74, 6) is -1.60. The molecule has 0 radical (unpaired) electrons. The number of carbonyl (C=O) groups excluding carboxylic acids is 5. The fourth-order valence-electron chi connectivity index (χ4n) is 3.63. The Hall–Kier alpha value is -2.81. The Kier molecular flexibility index (Phi) is 22.3. The third-order valence-corrected chi connectivity index (χ3v) is 6.24.